The number of sulfonamides is 1. The predicted octanol–water partition coefficient (Wildman–Crippen LogP) is -0.874. The molecule has 0 fully saturated rings. The number of methoxy groups -OCH3 is 1. The molecule has 3 N–H and O–H groups in total. The molecule has 0 aromatic heterocycles. The van der Waals surface area contributed by atoms with Crippen molar-refractivity contribution in [2.45, 2.75) is 19.9 Å². The topological polar surface area (TPSA) is 91.8 Å². The van der Waals surface area contributed by atoms with E-state index in [0.29, 0.717) is 25.7 Å². The van der Waals surface area contributed by atoms with Gasteiger partial charge in [-0.3, -0.25) is 4.99 Å². The van der Waals surface area contributed by atoms with Gasteiger partial charge in [0.25, 0.3) is 0 Å². The van der Waals surface area contributed by atoms with Gasteiger partial charge < -0.3 is 15.4 Å². The summed E-state index contributed by atoms with van der Waals surface area (Å²) in [4.78, 5) is 4.03. The summed E-state index contributed by atoms with van der Waals surface area (Å²) < 4.78 is 29.8. The van der Waals surface area contributed by atoms with Crippen LogP contribution in [0, 0.1) is 0 Å². The zero-order chi connectivity index (χ0) is 14.0. The lowest BCUT2D eigenvalue weighted by Gasteiger charge is -2.17. The molecule has 0 bridgehead atoms. The van der Waals surface area contributed by atoms with Crippen LogP contribution >= 0.6 is 0 Å². The Balaban J connectivity index is 3.89. The van der Waals surface area contributed by atoms with Crippen molar-refractivity contribution in [2.24, 2.45) is 4.99 Å². The van der Waals surface area contributed by atoms with Crippen LogP contribution in [0.1, 0.15) is 13.8 Å². The first kappa shape index (κ1) is 17.1. The Hall–Kier alpha value is -0.860. The Bertz CT molecular complexity index is 343. The van der Waals surface area contributed by atoms with Gasteiger partial charge in [0, 0.05) is 33.3 Å². The Morgan fingerprint density at radius 2 is 2.06 bits per heavy atom. The van der Waals surface area contributed by atoms with Crippen LogP contribution in [0.15, 0.2) is 4.99 Å². The third-order valence-corrected chi connectivity index (χ3v) is 3.55. The molecular formula is C10H24N4O3S. The van der Waals surface area contributed by atoms with Gasteiger partial charge in [0.2, 0.25) is 10.0 Å². The summed E-state index contributed by atoms with van der Waals surface area (Å²) in [6.45, 7) is 4.94. The zero-order valence-corrected chi connectivity index (χ0v) is 12.3. The highest BCUT2D eigenvalue weighted by Gasteiger charge is 2.06. The number of guanidine groups is 1. The maximum absolute atomic E-state index is 11.2. The third kappa shape index (κ3) is 8.26. The minimum atomic E-state index is -3.13. The number of rotatable bonds is 8. The van der Waals surface area contributed by atoms with E-state index in [1.54, 1.807) is 21.1 Å². The van der Waals surface area contributed by atoms with E-state index in [1.165, 1.54) is 0 Å². The first-order valence-electron chi connectivity index (χ1n) is 5.88. The first-order valence-corrected chi connectivity index (χ1v) is 7.53. The van der Waals surface area contributed by atoms with E-state index in [9.17, 15) is 8.42 Å². The second-order valence-corrected chi connectivity index (χ2v) is 5.89. The molecule has 1 unspecified atom stereocenters. The van der Waals surface area contributed by atoms with Crippen molar-refractivity contribution < 1.29 is 13.2 Å². The zero-order valence-electron chi connectivity index (χ0n) is 11.5. The van der Waals surface area contributed by atoms with Crippen molar-refractivity contribution >= 4 is 16.0 Å². The molecule has 0 radical (unpaired) electrons. The number of aliphatic imine (C=N–C) groups is 1. The Labute approximate surface area is 109 Å². The second kappa shape index (κ2) is 9.12. The molecule has 0 aliphatic heterocycles. The van der Waals surface area contributed by atoms with Gasteiger partial charge in [-0.2, -0.15) is 0 Å². The van der Waals surface area contributed by atoms with Gasteiger partial charge in [-0.25, -0.2) is 13.1 Å². The van der Waals surface area contributed by atoms with Gasteiger partial charge in [-0.05, 0) is 13.8 Å². The molecule has 0 saturated carbocycles. The molecule has 0 rings (SSSR count). The van der Waals surface area contributed by atoms with E-state index < -0.39 is 10.0 Å². The Morgan fingerprint density at radius 1 is 1.39 bits per heavy atom. The molecule has 0 saturated heterocycles. The molecule has 108 valence electrons. The van der Waals surface area contributed by atoms with E-state index in [2.05, 4.69) is 20.3 Å². The van der Waals surface area contributed by atoms with Crippen molar-refractivity contribution in [1.29, 1.82) is 0 Å². The van der Waals surface area contributed by atoms with Crippen molar-refractivity contribution in [3.8, 4) is 0 Å². The van der Waals surface area contributed by atoms with E-state index in [-0.39, 0.29) is 11.8 Å². The largest absolute Gasteiger partial charge is 0.383 e. The van der Waals surface area contributed by atoms with E-state index in [1.807, 2.05) is 6.92 Å². The lowest BCUT2D eigenvalue weighted by Crippen LogP contribution is -2.46. The maximum atomic E-state index is 11.2. The first-order chi connectivity index (χ1) is 8.45. The standard InChI is InChI=1S/C10H24N4O3S/c1-5-18(15,16)13-7-6-12-10(11-3)14-9(2)8-17-4/h9,13H,5-8H2,1-4H3,(H2,11,12,14). The highest BCUT2D eigenvalue weighted by atomic mass is 32.2. The van der Waals surface area contributed by atoms with Crippen LogP contribution in [0.3, 0.4) is 0 Å². The summed E-state index contributed by atoms with van der Waals surface area (Å²) in [6.07, 6.45) is 0. The fourth-order valence-electron chi connectivity index (χ4n) is 1.21. The Kier molecular flexibility index (Phi) is 8.69. The minimum absolute atomic E-state index is 0.0881. The van der Waals surface area contributed by atoms with E-state index in [0.717, 1.165) is 0 Å². The van der Waals surface area contributed by atoms with Gasteiger partial charge in [-0.15, -0.1) is 0 Å². The van der Waals surface area contributed by atoms with Gasteiger partial charge >= 0.3 is 0 Å². The number of ether oxygens (including phenoxy) is 1. The average Bonchev–Trinajstić information content (AvgIpc) is 2.33. The summed E-state index contributed by atoms with van der Waals surface area (Å²) >= 11 is 0. The molecule has 1 atom stereocenters. The van der Waals surface area contributed by atoms with Crippen LogP contribution in [-0.2, 0) is 14.8 Å². The summed E-state index contributed by atoms with van der Waals surface area (Å²) in [6, 6.07) is 0.133. The fraction of sp³-hybridized carbons (Fsp3) is 0.900. The highest BCUT2D eigenvalue weighted by molar-refractivity contribution is 7.89. The molecule has 0 spiro atoms. The van der Waals surface area contributed by atoms with Gasteiger partial charge in [0.1, 0.15) is 0 Å². The summed E-state index contributed by atoms with van der Waals surface area (Å²) in [7, 11) is 0.165. The molecule has 0 amide bonds. The van der Waals surface area contributed by atoms with E-state index in [4.69, 9.17) is 4.74 Å². The molecule has 18 heavy (non-hydrogen) atoms. The molecule has 7 nitrogen and oxygen atoms in total. The molecule has 0 heterocycles. The van der Waals surface area contributed by atoms with Crippen LogP contribution in [0.5, 0.6) is 0 Å². The predicted molar refractivity (Wildman–Crippen MR) is 73.3 cm³/mol. The average molecular weight is 280 g/mol. The van der Waals surface area contributed by atoms with Crippen LogP contribution < -0.4 is 15.4 Å². The quantitative estimate of drug-likeness (QED) is 0.305. The highest BCUT2D eigenvalue weighted by Crippen LogP contribution is 1.83. The van der Waals surface area contributed by atoms with Gasteiger partial charge in [0.05, 0.1) is 12.4 Å². The van der Waals surface area contributed by atoms with Crippen LogP contribution in [0.2, 0.25) is 0 Å². The summed E-state index contributed by atoms with van der Waals surface area (Å²) in [5, 5.41) is 6.13. The lowest BCUT2D eigenvalue weighted by atomic mass is 10.4. The third-order valence-electron chi connectivity index (χ3n) is 2.14. The normalized spacial score (nSPS) is 14.3. The molecule has 8 heteroatoms. The molecular weight excluding hydrogens is 256 g/mol. The van der Waals surface area contributed by atoms with Crippen LogP contribution in [0.25, 0.3) is 0 Å². The van der Waals surface area contributed by atoms with Gasteiger partial charge in [0.15, 0.2) is 5.96 Å². The van der Waals surface area contributed by atoms with E-state index >= 15 is 0 Å². The molecule has 0 aliphatic rings. The van der Waals surface area contributed by atoms with Crippen LogP contribution in [-0.4, -0.2) is 60.0 Å². The Morgan fingerprint density at radius 3 is 2.56 bits per heavy atom. The summed E-state index contributed by atoms with van der Waals surface area (Å²) in [5.74, 6) is 0.709. The van der Waals surface area contributed by atoms with Crippen LogP contribution in [0.4, 0.5) is 0 Å². The SMILES string of the molecule is CCS(=O)(=O)NCCNC(=NC)NC(C)COC. The van der Waals surface area contributed by atoms with Crippen molar-refractivity contribution in [3.63, 3.8) is 0 Å². The smallest absolute Gasteiger partial charge is 0.211 e. The molecule has 0 aromatic rings. The number of hydrogen-bond acceptors (Lipinski definition) is 4. The number of nitrogens with one attached hydrogen (secondary N) is 3. The minimum Gasteiger partial charge on any atom is -0.383 e. The maximum Gasteiger partial charge on any atom is 0.211 e. The lowest BCUT2D eigenvalue weighted by molar-refractivity contribution is 0.179. The fourth-order valence-corrected chi connectivity index (χ4v) is 1.83. The number of nitrogens with zero attached hydrogens (tertiary/aromatic N) is 1. The van der Waals surface area contributed by atoms with Gasteiger partial charge in [-0.1, -0.05) is 0 Å². The van der Waals surface area contributed by atoms with Crippen molar-refractivity contribution in [2.75, 3.05) is 39.6 Å². The number of hydrogen-bond donors (Lipinski definition) is 3. The molecule has 0 aromatic carbocycles. The van der Waals surface area contributed by atoms with Crippen molar-refractivity contribution in [3.05, 3.63) is 0 Å². The molecule has 0 aliphatic carbocycles. The monoisotopic (exact) mass is 280 g/mol. The second-order valence-electron chi connectivity index (χ2n) is 3.80. The summed E-state index contributed by atoms with van der Waals surface area (Å²) in [5.41, 5.74) is 0. The van der Waals surface area contributed by atoms with Crippen molar-refractivity contribution in [1.82, 2.24) is 15.4 Å².